The first-order valence-electron chi connectivity index (χ1n) is 5.90. The molecule has 0 unspecified atom stereocenters. The molecule has 0 aliphatic rings. The molecule has 2 rings (SSSR count). The minimum atomic E-state index is -4.55. The summed E-state index contributed by atoms with van der Waals surface area (Å²) in [5, 5.41) is 2.93. The van der Waals surface area contributed by atoms with Crippen molar-refractivity contribution in [1.82, 2.24) is 14.9 Å². The molecule has 0 bridgehead atoms. The van der Waals surface area contributed by atoms with Gasteiger partial charge in [0.15, 0.2) is 0 Å². The van der Waals surface area contributed by atoms with E-state index in [9.17, 15) is 17.6 Å². The predicted molar refractivity (Wildman–Crippen MR) is 65.2 cm³/mol. The molecule has 7 heteroatoms. The molecule has 2 aromatic rings. The molecule has 0 saturated heterocycles. The van der Waals surface area contributed by atoms with E-state index in [1.165, 1.54) is 0 Å². The lowest BCUT2D eigenvalue weighted by Crippen LogP contribution is -2.16. The lowest BCUT2D eigenvalue weighted by Gasteiger charge is -2.10. The van der Waals surface area contributed by atoms with Gasteiger partial charge in [0.2, 0.25) is 0 Å². The average Bonchev–Trinajstić information content (AvgIpc) is 2.73. The Hall–Kier alpha value is -1.89. The minimum absolute atomic E-state index is 0.133. The van der Waals surface area contributed by atoms with Crippen LogP contribution in [-0.4, -0.2) is 9.55 Å². The Kier molecular flexibility index (Phi) is 4.08. The quantitative estimate of drug-likeness (QED) is 0.876. The van der Waals surface area contributed by atoms with Gasteiger partial charge in [-0.1, -0.05) is 0 Å². The lowest BCUT2D eigenvalue weighted by atomic mass is 10.1. The van der Waals surface area contributed by atoms with E-state index in [1.807, 2.05) is 7.05 Å². The number of alkyl halides is 3. The largest absolute Gasteiger partial charge is 0.416 e. The Morgan fingerprint density at radius 2 is 1.95 bits per heavy atom. The first-order valence-corrected chi connectivity index (χ1v) is 5.90. The fourth-order valence-corrected chi connectivity index (χ4v) is 1.80. The number of nitrogens with one attached hydrogen (secondary N) is 1. The Bertz CT molecular complexity index is 590. The maximum atomic E-state index is 13.2. The van der Waals surface area contributed by atoms with Crippen LogP contribution in [0.3, 0.4) is 0 Å². The van der Waals surface area contributed by atoms with Gasteiger partial charge in [0.25, 0.3) is 0 Å². The number of rotatable bonds is 4. The summed E-state index contributed by atoms with van der Waals surface area (Å²) in [5.74, 6) is -0.147. The van der Waals surface area contributed by atoms with Crippen LogP contribution in [-0.2, 0) is 26.3 Å². The number of benzene rings is 1. The van der Waals surface area contributed by atoms with Gasteiger partial charge in [-0.25, -0.2) is 9.37 Å². The molecule has 0 fully saturated rings. The third kappa shape index (κ3) is 3.57. The molecule has 0 saturated carbocycles. The summed E-state index contributed by atoms with van der Waals surface area (Å²) in [6.07, 6.45) is -1.15. The van der Waals surface area contributed by atoms with Crippen LogP contribution in [0.1, 0.15) is 17.0 Å². The summed E-state index contributed by atoms with van der Waals surface area (Å²) in [6, 6.07) is 2.51. The molecule has 1 N–H and O–H groups in total. The van der Waals surface area contributed by atoms with E-state index in [0.717, 1.165) is 18.0 Å². The second-order valence-corrected chi connectivity index (χ2v) is 4.40. The lowest BCUT2D eigenvalue weighted by molar-refractivity contribution is -0.137. The topological polar surface area (TPSA) is 29.9 Å². The molecule has 1 aromatic carbocycles. The van der Waals surface area contributed by atoms with Crippen molar-refractivity contribution in [3.8, 4) is 0 Å². The molecule has 0 aliphatic carbocycles. The van der Waals surface area contributed by atoms with E-state index in [-0.39, 0.29) is 12.1 Å². The highest BCUT2D eigenvalue weighted by Crippen LogP contribution is 2.30. The van der Waals surface area contributed by atoms with Crippen LogP contribution < -0.4 is 5.32 Å². The number of hydrogen-bond acceptors (Lipinski definition) is 2. The van der Waals surface area contributed by atoms with Gasteiger partial charge in [-0.2, -0.15) is 13.2 Å². The van der Waals surface area contributed by atoms with E-state index in [0.29, 0.717) is 12.6 Å². The smallest absolute Gasteiger partial charge is 0.337 e. The zero-order chi connectivity index (χ0) is 14.8. The van der Waals surface area contributed by atoms with Crippen molar-refractivity contribution in [2.45, 2.75) is 19.3 Å². The number of aromatic nitrogens is 2. The Balaban J connectivity index is 2.03. The summed E-state index contributed by atoms with van der Waals surface area (Å²) in [6.45, 7) is 0.523. The molecule has 1 aromatic heterocycles. The Labute approximate surface area is 113 Å². The summed E-state index contributed by atoms with van der Waals surface area (Å²) in [4.78, 5) is 4.07. The van der Waals surface area contributed by atoms with Crippen molar-refractivity contribution in [1.29, 1.82) is 0 Å². The highest BCUT2D eigenvalue weighted by molar-refractivity contribution is 5.26. The second kappa shape index (κ2) is 5.62. The van der Waals surface area contributed by atoms with Gasteiger partial charge in [-0.3, -0.25) is 0 Å². The van der Waals surface area contributed by atoms with Crippen molar-refractivity contribution in [3.63, 3.8) is 0 Å². The predicted octanol–water partition coefficient (Wildman–Crippen LogP) is 2.87. The van der Waals surface area contributed by atoms with E-state index in [1.54, 1.807) is 17.0 Å². The molecule has 0 spiro atoms. The van der Waals surface area contributed by atoms with Crippen LogP contribution in [0, 0.1) is 5.82 Å². The van der Waals surface area contributed by atoms with Crippen molar-refractivity contribution >= 4 is 0 Å². The van der Waals surface area contributed by atoms with E-state index < -0.39 is 17.6 Å². The number of halogens is 4. The van der Waals surface area contributed by atoms with Crippen LogP contribution in [0.5, 0.6) is 0 Å². The monoisotopic (exact) mass is 287 g/mol. The van der Waals surface area contributed by atoms with Crippen LogP contribution in [0.2, 0.25) is 0 Å². The van der Waals surface area contributed by atoms with Gasteiger partial charge in [0, 0.05) is 26.0 Å². The van der Waals surface area contributed by atoms with E-state index in [4.69, 9.17) is 0 Å². The van der Waals surface area contributed by atoms with Crippen LogP contribution in [0.15, 0.2) is 30.6 Å². The van der Waals surface area contributed by atoms with E-state index in [2.05, 4.69) is 10.3 Å². The van der Waals surface area contributed by atoms with Gasteiger partial charge in [-0.05, 0) is 23.8 Å². The number of aryl methyl sites for hydroxylation is 1. The van der Waals surface area contributed by atoms with Gasteiger partial charge < -0.3 is 9.88 Å². The molecule has 0 atom stereocenters. The summed E-state index contributed by atoms with van der Waals surface area (Å²) >= 11 is 0. The normalized spacial score (nSPS) is 11.8. The fraction of sp³-hybridized carbons (Fsp3) is 0.308. The number of nitrogens with zero attached hydrogens (tertiary/aromatic N) is 2. The van der Waals surface area contributed by atoms with Gasteiger partial charge in [0.1, 0.15) is 11.6 Å². The maximum absolute atomic E-state index is 13.2. The number of imidazole rings is 1. The zero-order valence-electron chi connectivity index (χ0n) is 10.7. The van der Waals surface area contributed by atoms with Crippen molar-refractivity contribution in [2.75, 3.05) is 0 Å². The molecular weight excluding hydrogens is 274 g/mol. The fourth-order valence-electron chi connectivity index (χ4n) is 1.80. The van der Waals surface area contributed by atoms with E-state index >= 15 is 0 Å². The number of hydrogen-bond donors (Lipinski definition) is 1. The average molecular weight is 287 g/mol. The SMILES string of the molecule is Cn1ccnc1CNCc1cc(F)cc(C(F)(F)F)c1. The van der Waals surface area contributed by atoms with Gasteiger partial charge in [-0.15, -0.1) is 0 Å². The first-order chi connectivity index (χ1) is 9.36. The highest BCUT2D eigenvalue weighted by atomic mass is 19.4. The van der Waals surface area contributed by atoms with Crippen LogP contribution in [0.25, 0.3) is 0 Å². The van der Waals surface area contributed by atoms with Crippen LogP contribution in [0.4, 0.5) is 17.6 Å². The third-order valence-corrected chi connectivity index (χ3v) is 2.82. The third-order valence-electron chi connectivity index (χ3n) is 2.82. The molecular formula is C13H13F4N3. The molecule has 108 valence electrons. The summed E-state index contributed by atoms with van der Waals surface area (Å²) in [7, 11) is 1.81. The second-order valence-electron chi connectivity index (χ2n) is 4.40. The van der Waals surface area contributed by atoms with Crippen molar-refractivity contribution < 1.29 is 17.6 Å². The molecule has 1 heterocycles. The Morgan fingerprint density at radius 3 is 2.55 bits per heavy atom. The zero-order valence-corrected chi connectivity index (χ0v) is 10.7. The summed E-state index contributed by atoms with van der Waals surface area (Å²) in [5.41, 5.74) is -0.738. The molecule has 0 radical (unpaired) electrons. The Morgan fingerprint density at radius 1 is 1.20 bits per heavy atom. The van der Waals surface area contributed by atoms with Crippen molar-refractivity contribution in [3.05, 3.63) is 53.4 Å². The molecule has 20 heavy (non-hydrogen) atoms. The minimum Gasteiger partial charge on any atom is -0.337 e. The van der Waals surface area contributed by atoms with Crippen LogP contribution >= 0.6 is 0 Å². The standard InChI is InChI=1S/C13H13F4N3/c1-20-3-2-19-12(20)8-18-7-9-4-10(13(15,16)17)6-11(14)5-9/h2-6,18H,7-8H2,1H3. The molecule has 0 aliphatic heterocycles. The summed E-state index contributed by atoms with van der Waals surface area (Å²) < 4.78 is 52.6. The van der Waals surface area contributed by atoms with Gasteiger partial charge in [0.05, 0.1) is 12.1 Å². The van der Waals surface area contributed by atoms with Gasteiger partial charge >= 0.3 is 6.18 Å². The maximum Gasteiger partial charge on any atom is 0.416 e. The van der Waals surface area contributed by atoms with Crippen molar-refractivity contribution in [2.24, 2.45) is 7.05 Å². The molecule has 3 nitrogen and oxygen atoms in total. The molecule has 0 amide bonds. The highest BCUT2D eigenvalue weighted by Gasteiger charge is 2.31. The first kappa shape index (κ1) is 14.5.